The molecule has 0 amide bonds. The van der Waals surface area contributed by atoms with E-state index in [-0.39, 0.29) is 12.5 Å². The van der Waals surface area contributed by atoms with Crippen LogP contribution in [0.4, 0.5) is 0 Å². The third kappa shape index (κ3) is 3.05. The number of rotatable bonds is 6. The molecule has 0 fully saturated rings. The summed E-state index contributed by atoms with van der Waals surface area (Å²) >= 11 is 0. The highest BCUT2D eigenvalue weighted by Crippen LogP contribution is 2.37. The van der Waals surface area contributed by atoms with Gasteiger partial charge in [-0.25, -0.2) is 0 Å². The van der Waals surface area contributed by atoms with Gasteiger partial charge in [0.15, 0.2) is 11.5 Å². The van der Waals surface area contributed by atoms with Crippen LogP contribution in [0.5, 0.6) is 17.2 Å². The Morgan fingerprint density at radius 2 is 2.06 bits per heavy atom. The summed E-state index contributed by atoms with van der Waals surface area (Å²) in [5.74, 6) is 1.54. The SMILES string of the molecule is CCOCCN(C)Cc1cc2c(cc1O)OCO2. The number of nitrogens with zero attached hydrogens (tertiary/aromatic N) is 1. The van der Waals surface area contributed by atoms with Crippen molar-refractivity contribution in [2.75, 3.05) is 33.6 Å². The van der Waals surface area contributed by atoms with Gasteiger partial charge in [-0.15, -0.1) is 0 Å². The predicted octanol–water partition coefficient (Wildman–Crippen LogP) is 1.59. The normalized spacial score (nSPS) is 13.3. The maximum absolute atomic E-state index is 9.90. The summed E-state index contributed by atoms with van der Waals surface area (Å²) in [6.07, 6.45) is 0. The lowest BCUT2D eigenvalue weighted by Crippen LogP contribution is -2.22. The molecular formula is C13H19NO4. The van der Waals surface area contributed by atoms with Gasteiger partial charge in [0.2, 0.25) is 6.79 Å². The maximum Gasteiger partial charge on any atom is 0.231 e. The minimum Gasteiger partial charge on any atom is -0.507 e. The van der Waals surface area contributed by atoms with E-state index in [1.165, 1.54) is 0 Å². The molecule has 5 heteroatoms. The van der Waals surface area contributed by atoms with Gasteiger partial charge in [0.1, 0.15) is 5.75 Å². The van der Waals surface area contributed by atoms with Gasteiger partial charge in [-0.3, -0.25) is 4.90 Å². The molecule has 1 aromatic carbocycles. The molecule has 0 saturated carbocycles. The van der Waals surface area contributed by atoms with Gasteiger partial charge in [-0.1, -0.05) is 0 Å². The molecule has 0 radical (unpaired) electrons. The largest absolute Gasteiger partial charge is 0.507 e. The van der Waals surface area contributed by atoms with Crippen LogP contribution in [0, 0.1) is 0 Å². The molecule has 0 unspecified atom stereocenters. The highest BCUT2D eigenvalue weighted by atomic mass is 16.7. The van der Waals surface area contributed by atoms with Gasteiger partial charge < -0.3 is 19.3 Å². The van der Waals surface area contributed by atoms with Crippen LogP contribution in [0.15, 0.2) is 12.1 Å². The topological polar surface area (TPSA) is 51.2 Å². The van der Waals surface area contributed by atoms with Crippen LogP contribution in [-0.2, 0) is 11.3 Å². The lowest BCUT2D eigenvalue weighted by atomic mass is 10.1. The molecule has 18 heavy (non-hydrogen) atoms. The van der Waals surface area contributed by atoms with Crippen LogP contribution >= 0.6 is 0 Å². The molecule has 0 spiro atoms. The fourth-order valence-electron chi connectivity index (χ4n) is 1.83. The van der Waals surface area contributed by atoms with E-state index in [1.807, 2.05) is 20.0 Å². The number of hydrogen-bond acceptors (Lipinski definition) is 5. The summed E-state index contributed by atoms with van der Waals surface area (Å²) in [6, 6.07) is 3.43. The van der Waals surface area contributed by atoms with Crippen LogP contribution < -0.4 is 9.47 Å². The number of phenolic OH excluding ortho intramolecular Hbond substituents is 1. The summed E-state index contributed by atoms with van der Waals surface area (Å²) in [5.41, 5.74) is 0.832. The maximum atomic E-state index is 9.90. The Morgan fingerprint density at radius 3 is 2.78 bits per heavy atom. The van der Waals surface area contributed by atoms with Crippen molar-refractivity contribution in [3.63, 3.8) is 0 Å². The second-order valence-corrected chi connectivity index (χ2v) is 4.27. The van der Waals surface area contributed by atoms with Crippen molar-refractivity contribution >= 4 is 0 Å². The zero-order valence-corrected chi connectivity index (χ0v) is 10.8. The molecule has 0 saturated heterocycles. The van der Waals surface area contributed by atoms with E-state index in [0.29, 0.717) is 24.7 Å². The van der Waals surface area contributed by atoms with Crippen molar-refractivity contribution in [2.45, 2.75) is 13.5 Å². The second-order valence-electron chi connectivity index (χ2n) is 4.27. The Balaban J connectivity index is 1.96. The Hall–Kier alpha value is -1.46. The first-order valence-electron chi connectivity index (χ1n) is 6.08. The minimum atomic E-state index is 0.221. The van der Waals surface area contributed by atoms with Crippen LogP contribution in [0.1, 0.15) is 12.5 Å². The molecule has 0 atom stereocenters. The van der Waals surface area contributed by atoms with Crippen LogP contribution in [0.2, 0.25) is 0 Å². The van der Waals surface area contributed by atoms with Crippen LogP contribution in [0.25, 0.3) is 0 Å². The average Bonchev–Trinajstić information content (AvgIpc) is 2.77. The first kappa shape index (κ1) is 13.0. The standard InChI is InChI=1S/C13H19NO4/c1-3-16-5-4-14(2)8-10-6-12-13(7-11(10)15)18-9-17-12/h6-7,15H,3-5,8-9H2,1-2H3. The molecule has 1 aromatic rings. The van der Waals surface area contributed by atoms with E-state index in [2.05, 4.69) is 4.90 Å². The molecule has 0 aliphatic carbocycles. The third-order valence-corrected chi connectivity index (χ3v) is 2.84. The number of likely N-dealkylation sites (N-methyl/N-ethyl adjacent to an activating group) is 1. The van der Waals surface area contributed by atoms with Gasteiger partial charge in [-0.05, 0) is 20.0 Å². The summed E-state index contributed by atoms with van der Waals surface area (Å²) < 4.78 is 15.8. The van der Waals surface area contributed by atoms with E-state index in [1.54, 1.807) is 6.07 Å². The summed E-state index contributed by atoms with van der Waals surface area (Å²) in [7, 11) is 1.99. The third-order valence-electron chi connectivity index (χ3n) is 2.84. The first-order valence-corrected chi connectivity index (χ1v) is 6.08. The van der Waals surface area contributed by atoms with Crippen molar-refractivity contribution in [3.8, 4) is 17.2 Å². The fourth-order valence-corrected chi connectivity index (χ4v) is 1.83. The number of hydrogen-bond donors (Lipinski definition) is 1. The molecule has 2 rings (SSSR count). The van der Waals surface area contributed by atoms with Gasteiger partial charge in [0, 0.05) is 31.3 Å². The Labute approximate surface area is 107 Å². The molecule has 0 bridgehead atoms. The molecule has 1 N–H and O–H groups in total. The van der Waals surface area contributed by atoms with Crippen LogP contribution in [-0.4, -0.2) is 43.6 Å². The fraction of sp³-hybridized carbons (Fsp3) is 0.538. The predicted molar refractivity (Wildman–Crippen MR) is 67.1 cm³/mol. The monoisotopic (exact) mass is 253 g/mol. The van der Waals surface area contributed by atoms with Crippen molar-refractivity contribution in [2.24, 2.45) is 0 Å². The van der Waals surface area contributed by atoms with Crippen molar-refractivity contribution in [1.29, 1.82) is 0 Å². The highest BCUT2D eigenvalue weighted by Gasteiger charge is 2.17. The molecule has 5 nitrogen and oxygen atoms in total. The smallest absolute Gasteiger partial charge is 0.231 e. The van der Waals surface area contributed by atoms with Gasteiger partial charge in [-0.2, -0.15) is 0 Å². The lowest BCUT2D eigenvalue weighted by Gasteiger charge is -2.17. The molecule has 1 aliphatic rings. The Morgan fingerprint density at radius 1 is 1.33 bits per heavy atom. The molecule has 1 heterocycles. The average molecular weight is 253 g/mol. The van der Waals surface area contributed by atoms with E-state index >= 15 is 0 Å². The Bertz CT molecular complexity index is 408. The van der Waals surface area contributed by atoms with E-state index in [0.717, 1.165) is 18.7 Å². The zero-order valence-electron chi connectivity index (χ0n) is 10.8. The summed E-state index contributed by atoms with van der Waals surface area (Å²) in [4.78, 5) is 2.09. The quantitative estimate of drug-likeness (QED) is 0.780. The number of ether oxygens (including phenoxy) is 3. The second kappa shape index (κ2) is 5.93. The molecule has 1 aliphatic heterocycles. The van der Waals surface area contributed by atoms with Crippen LogP contribution in [0.3, 0.4) is 0 Å². The minimum absolute atomic E-state index is 0.221. The zero-order chi connectivity index (χ0) is 13.0. The van der Waals surface area contributed by atoms with Gasteiger partial charge in [0.25, 0.3) is 0 Å². The number of aromatic hydroxyl groups is 1. The van der Waals surface area contributed by atoms with E-state index in [4.69, 9.17) is 14.2 Å². The number of benzene rings is 1. The van der Waals surface area contributed by atoms with Crippen molar-refractivity contribution < 1.29 is 19.3 Å². The molecule has 0 aromatic heterocycles. The molecular weight excluding hydrogens is 234 g/mol. The van der Waals surface area contributed by atoms with E-state index in [9.17, 15) is 5.11 Å². The van der Waals surface area contributed by atoms with Gasteiger partial charge in [0.05, 0.1) is 6.61 Å². The Kier molecular flexibility index (Phi) is 4.28. The number of phenols is 1. The molecule has 100 valence electrons. The van der Waals surface area contributed by atoms with Crippen molar-refractivity contribution in [3.05, 3.63) is 17.7 Å². The highest BCUT2D eigenvalue weighted by molar-refractivity contribution is 5.51. The summed E-state index contributed by atoms with van der Waals surface area (Å²) in [6.45, 7) is 5.08. The first-order chi connectivity index (χ1) is 8.70. The van der Waals surface area contributed by atoms with Gasteiger partial charge >= 0.3 is 0 Å². The van der Waals surface area contributed by atoms with Crippen molar-refractivity contribution in [1.82, 2.24) is 4.90 Å². The number of fused-ring (bicyclic) bond motifs is 1. The summed E-state index contributed by atoms with van der Waals surface area (Å²) in [5, 5.41) is 9.90. The lowest BCUT2D eigenvalue weighted by molar-refractivity contribution is 0.120. The van der Waals surface area contributed by atoms with E-state index < -0.39 is 0 Å².